The van der Waals surface area contributed by atoms with E-state index in [0.29, 0.717) is 23.8 Å². The molecule has 0 radical (unpaired) electrons. The minimum absolute atomic E-state index is 0.0799. The quantitative estimate of drug-likeness (QED) is 0.288. The molecular formula is C25H23N3O3S2. The first-order chi connectivity index (χ1) is 16.2. The van der Waals surface area contributed by atoms with Gasteiger partial charge < -0.3 is 14.4 Å². The third kappa shape index (κ3) is 4.16. The summed E-state index contributed by atoms with van der Waals surface area (Å²) in [6, 6.07) is 16.0. The Morgan fingerprint density at radius 1 is 1.12 bits per heavy atom. The third-order valence-corrected chi connectivity index (χ3v) is 7.68. The lowest BCUT2D eigenvalue weighted by Gasteiger charge is -2.38. The Labute approximate surface area is 200 Å². The zero-order chi connectivity index (χ0) is 22.8. The average molecular weight is 478 g/mol. The van der Waals surface area contributed by atoms with Crippen molar-refractivity contribution >= 4 is 39.2 Å². The highest BCUT2D eigenvalue weighted by Gasteiger charge is 2.33. The molecule has 3 heterocycles. The van der Waals surface area contributed by atoms with Crippen molar-refractivity contribution in [3.8, 4) is 11.5 Å². The highest BCUT2D eigenvalue weighted by molar-refractivity contribution is 8.00. The zero-order valence-corrected chi connectivity index (χ0v) is 20.0. The molecule has 0 bridgehead atoms. The number of amides is 1. The van der Waals surface area contributed by atoms with Crippen LogP contribution in [0.5, 0.6) is 11.5 Å². The van der Waals surface area contributed by atoms with Gasteiger partial charge in [0, 0.05) is 11.9 Å². The molecule has 2 aromatic heterocycles. The third-order valence-electron chi connectivity index (χ3n) is 5.87. The maximum atomic E-state index is 13.5. The summed E-state index contributed by atoms with van der Waals surface area (Å²) in [6.45, 7) is 0.638. The van der Waals surface area contributed by atoms with Gasteiger partial charge in [0.1, 0.15) is 16.2 Å². The second kappa shape index (κ2) is 9.41. The molecule has 0 fully saturated rings. The van der Waals surface area contributed by atoms with Crippen LogP contribution in [0.15, 0.2) is 65.3 Å². The summed E-state index contributed by atoms with van der Waals surface area (Å²) in [7, 11) is 3.28. The minimum atomic E-state index is -0.186. The zero-order valence-electron chi connectivity index (χ0n) is 18.4. The molecule has 1 aliphatic heterocycles. The molecule has 1 aliphatic rings. The Hall–Kier alpha value is -3.10. The Morgan fingerprint density at radius 2 is 1.91 bits per heavy atom. The van der Waals surface area contributed by atoms with Crippen molar-refractivity contribution in [3.63, 3.8) is 0 Å². The lowest BCUT2D eigenvalue weighted by atomic mass is 9.87. The number of thioether (sulfide) groups is 1. The fourth-order valence-electron chi connectivity index (χ4n) is 4.30. The fraction of sp³-hybridized carbons (Fsp3) is 0.240. The normalized spacial score (nSPS) is 15.3. The topological polar surface area (TPSA) is 64.6 Å². The van der Waals surface area contributed by atoms with Gasteiger partial charge in [-0.3, -0.25) is 4.79 Å². The summed E-state index contributed by atoms with van der Waals surface area (Å²) in [5, 5.41) is 3.84. The molecule has 2 aromatic carbocycles. The van der Waals surface area contributed by atoms with Crippen molar-refractivity contribution < 1.29 is 14.3 Å². The molecule has 0 aliphatic carbocycles. The molecule has 0 saturated carbocycles. The molecule has 0 saturated heterocycles. The molecule has 5 rings (SSSR count). The maximum absolute atomic E-state index is 13.5. The summed E-state index contributed by atoms with van der Waals surface area (Å²) < 4.78 is 11.1. The van der Waals surface area contributed by atoms with Crippen molar-refractivity contribution in [2.75, 3.05) is 26.5 Å². The van der Waals surface area contributed by atoms with Crippen LogP contribution in [-0.4, -0.2) is 47.3 Å². The van der Waals surface area contributed by atoms with Crippen LogP contribution in [-0.2, 0) is 11.2 Å². The highest BCUT2D eigenvalue weighted by Crippen LogP contribution is 2.41. The van der Waals surface area contributed by atoms with Crippen molar-refractivity contribution in [1.82, 2.24) is 14.9 Å². The lowest BCUT2D eigenvalue weighted by Crippen LogP contribution is -2.41. The van der Waals surface area contributed by atoms with Crippen molar-refractivity contribution in [2.45, 2.75) is 17.5 Å². The van der Waals surface area contributed by atoms with Crippen molar-refractivity contribution in [2.24, 2.45) is 0 Å². The molecule has 8 heteroatoms. The molecule has 0 unspecified atom stereocenters. The second-order valence-corrected chi connectivity index (χ2v) is 9.52. The number of carbonyl (C=O) groups is 1. The molecule has 168 valence electrons. The Balaban J connectivity index is 1.47. The summed E-state index contributed by atoms with van der Waals surface area (Å²) in [6.07, 6.45) is 2.33. The lowest BCUT2D eigenvalue weighted by molar-refractivity contribution is -0.130. The first kappa shape index (κ1) is 21.7. The van der Waals surface area contributed by atoms with Crippen LogP contribution < -0.4 is 9.47 Å². The molecule has 33 heavy (non-hydrogen) atoms. The maximum Gasteiger partial charge on any atom is 0.233 e. The van der Waals surface area contributed by atoms with E-state index >= 15 is 0 Å². The summed E-state index contributed by atoms with van der Waals surface area (Å²) in [5.41, 5.74) is 3.32. The van der Waals surface area contributed by atoms with E-state index in [2.05, 4.69) is 22.1 Å². The molecule has 0 N–H and O–H groups in total. The van der Waals surface area contributed by atoms with Crippen LogP contribution in [0, 0.1) is 0 Å². The molecule has 1 atom stereocenters. The number of carbonyl (C=O) groups excluding carboxylic acids is 1. The van der Waals surface area contributed by atoms with Gasteiger partial charge in [0.15, 0.2) is 11.5 Å². The standard InChI is InChI=1S/C25H23N3O3S2/c1-30-20-12-17-8-10-28(22(29)14-33-25-18-9-11-32-24(18)26-15-27-25)23(16-6-4-3-5-7-16)19(17)13-21(20)31-2/h3-7,9,11-13,15,23H,8,10,14H2,1-2H3/t23-/m0/s1. The number of thiophene rings is 1. The predicted molar refractivity (Wildman–Crippen MR) is 131 cm³/mol. The van der Waals surface area contributed by atoms with Gasteiger partial charge in [-0.15, -0.1) is 11.3 Å². The molecule has 1 amide bonds. The number of aromatic nitrogens is 2. The SMILES string of the molecule is COc1cc2c(cc1OC)[C@H](c1ccccc1)N(C(=O)CSc1ncnc3sccc13)CC2. The van der Waals surface area contributed by atoms with Crippen molar-refractivity contribution in [1.29, 1.82) is 0 Å². The number of ether oxygens (including phenoxy) is 2. The minimum Gasteiger partial charge on any atom is -0.493 e. The first-order valence-electron chi connectivity index (χ1n) is 10.6. The monoisotopic (exact) mass is 477 g/mol. The van der Waals surface area contributed by atoms with Crippen LogP contribution >= 0.6 is 23.1 Å². The Morgan fingerprint density at radius 3 is 2.70 bits per heavy atom. The molecule has 6 nitrogen and oxygen atoms in total. The summed E-state index contributed by atoms with van der Waals surface area (Å²) in [5.74, 6) is 1.77. The molecule has 0 spiro atoms. The van der Waals surface area contributed by atoms with Gasteiger partial charge >= 0.3 is 0 Å². The van der Waals surface area contributed by atoms with Gasteiger partial charge in [-0.2, -0.15) is 0 Å². The fourth-order valence-corrected chi connectivity index (χ4v) is 5.97. The average Bonchev–Trinajstić information content (AvgIpc) is 3.35. The van der Waals surface area contributed by atoms with Gasteiger partial charge in [-0.1, -0.05) is 42.1 Å². The van der Waals surface area contributed by atoms with E-state index in [4.69, 9.17) is 9.47 Å². The van der Waals surface area contributed by atoms with Crippen LogP contribution in [0.3, 0.4) is 0 Å². The van der Waals surface area contributed by atoms with Gasteiger partial charge in [0.05, 0.1) is 26.0 Å². The van der Waals surface area contributed by atoms with Crippen molar-refractivity contribution in [3.05, 3.63) is 76.9 Å². The number of methoxy groups -OCH3 is 2. The van der Waals surface area contributed by atoms with E-state index in [1.165, 1.54) is 17.3 Å². The first-order valence-corrected chi connectivity index (χ1v) is 12.5. The van der Waals surface area contributed by atoms with E-state index in [0.717, 1.165) is 32.8 Å². The number of fused-ring (bicyclic) bond motifs is 2. The number of hydrogen-bond donors (Lipinski definition) is 0. The Bertz CT molecular complexity index is 1290. The van der Waals surface area contributed by atoms with Crippen LogP contribution in [0.1, 0.15) is 22.7 Å². The molecule has 4 aromatic rings. The van der Waals surface area contributed by atoms with Crippen LogP contribution in [0.25, 0.3) is 10.2 Å². The molecular weight excluding hydrogens is 454 g/mol. The largest absolute Gasteiger partial charge is 0.493 e. The van der Waals surface area contributed by atoms with Gasteiger partial charge in [0.25, 0.3) is 0 Å². The number of hydrogen-bond acceptors (Lipinski definition) is 7. The number of nitrogens with zero attached hydrogens (tertiary/aromatic N) is 3. The highest BCUT2D eigenvalue weighted by atomic mass is 32.2. The van der Waals surface area contributed by atoms with Gasteiger partial charge in [-0.05, 0) is 46.7 Å². The smallest absolute Gasteiger partial charge is 0.233 e. The van der Waals surface area contributed by atoms with Crippen LogP contribution in [0.4, 0.5) is 0 Å². The second-order valence-electron chi connectivity index (χ2n) is 7.66. The summed E-state index contributed by atoms with van der Waals surface area (Å²) >= 11 is 3.05. The van der Waals surface area contributed by atoms with E-state index in [9.17, 15) is 4.79 Å². The van der Waals surface area contributed by atoms with Gasteiger partial charge in [0.2, 0.25) is 5.91 Å². The van der Waals surface area contributed by atoms with E-state index in [-0.39, 0.29) is 11.9 Å². The van der Waals surface area contributed by atoms with Crippen LogP contribution in [0.2, 0.25) is 0 Å². The predicted octanol–water partition coefficient (Wildman–Crippen LogP) is 4.97. The number of rotatable bonds is 6. The van der Waals surface area contributed by atoms with Gasteiger partial charge in [-0.25, -0.2) is 9.97 Å². The summed E-state index contributed by atoms with van der Waals surface area (Å²) in [4.78, 5) is 25.2. The Kier molecular flexibility index (Phi) is 6.20. The number of benzene rings is 2. The van der Waals surface area contributed by atoms with E-state index in [1.54, 1.807) is 31.9 Å². The van der Waals surface area contributed by atoms with E-state index in [1.807, 2.05) is 46.7 Å². The van der Waals surface area contributed by atoms with E-state index < -0.39 is 0 Å².